The Hall–Kier alpha value is -1.84. The van der Waals surface area contributed by atoms with Gasteiger partial charge in [0.25, 0.3) is 0 Å². The van der Waals surface area contributed by atoms with Gasteiger partial charge in [0.2, 0.25) is 0 Å². The minimum absolute atomic E-state index is 0.357. The number of aryl methyl sites for hydroxylation is 2. The van der Waals surface area contributed by atoms with Crippen molar-refractivity contribution in [1.29, 1.82) is 0 Å². The van der Waals surface area contributed by atoms with E-state index < -0.39 is 0 Å². The average molecular weight is 324 g/mol. The molecule has 3 rings (SSSR count). The highest BCUT2D eigenvalue weighted by Gasteiger charge is 2.18. The molecular formula is C21H28N2O. The van der Waals surface area contributed by atoms with Crippen LogP contribution in [0, 0.1) is 13.8 Å². The number of aliphatic hydroxyl groups excluding tert-OH is 1. The monoisotopic (exact) mass is 324 g/mol. The Morgan fingerprint density at radius 2 is 1.62 bits per heavy atom. The van der Waals surface area contributed by atoms with Gasteiger partial charge in [-0.3, -0.25) is 4.90 Å². The molecule has 0 spiro atoms. The third-order valence-electron chi connectivity index (χ3n) is 5.13. The van der Waals surface area contributed by atoms with Gasteiger partial charge in [-0.25, -0.2) is 0 Å². The van der Waals surface area contributed by atoms with Gasteiger partial charge in [0.15, 0.2) is 0 Å². The molecule has 2 aromatic carbocycles. The van der Waals surface area contributed by atoms with Crippen molar-refractivity contribution in [1.82, 2.24) is 4.90 Å². The molecule has 1 atom stereocenters. The van der Waals surface area contributed by atoms with Crippen molar-refractivity contribution in [2.75, 3.05) is 37.6 Å². The van der Waals surface area contributed by atoms with Crippen LogP contribution in [0.15, 0.2) is 48.5 Å². The van der Waals surface area contributed by atoms with Crippen molar-refractivity contribution >= 4 is 5.69 Å². The van der Waals surface area contributed by atoms with Crippen LogP contribution >= 0.6 is 0 Å². The normalized spacial score (nSPS) is 17.0. The summed E-state index contributed by atoms with van der Waals surface area (Å²) >= 11 is 0. The quantitative estimate of drug-likeness (QED) is 0.911. The van der Waals surface area contributed by atoms with Crippen LogP contribution in [-0.4, -0.2) is 42.7 Å². The fourth-order valence-corrected chi connectivity index (χ4v) is 3.30. The average Bonchev–Trinajstić information content (AvgIpc) is 2.63. The molecule has 2 aromatic rings. The van der Waals surface area contributed by atoms with E-state index in [1.807, 2.05) is 30.3 Å². The highest BCUT2D eigenvalue weighted by atomic mass is 16.3. The number of benzene rings is 2. The fourth-order valence-electron chi connectivity index (χ4n) is 3.30. The summed E-state index contributed by atoms with van der Waals surface area (Å²) in [5, 5.41) is 10.3. The van der Waals surface area contributed by atoms with Crippen LogP contribution in [-0.2, 0) is 0 Å². The summed E-state index contributed by atoms with van der Waals surface area (Å²) in [6.45, 7) is 9.54. The summed E-state index contributed by atoms with van der Waals surface area (Å²) in [6, 6.07) is 16.7. The maximum atomic E-state index is 10.3. The molecule has 1 aliphatic rings. The summed E-state index contributed by atoms with van der Waals surface area (Å²) in [6.07, 6.45) is 0.442. The van der Waals surface area contributed by atoms with E-state index in [0.29, 0.717) is 0 Å². The number of rotatable bonds is 5. The lowest BCUT2D eigenvalue weighted by Gasteiger charge is -2.36. The summed E-state index contributed by atoms with van der Waals surface area (Å²) in [5.41, 5.74) is 5.07. The molecule has 1 heterocycles. The lowest BCUT2D eigenvalue weighted by molar-refractivity contribution is 0.139. The Balaban J connectivity index is 1.47. The van der Waals surface area contributed by atoms with E-state index in [4.69, 9.17) is 0 Å². The van der Waals surface area contributed by atoms with Gasteiger partial charge in [0.1, 0.15) is 0 Å². The number of aliphatic hydroxyl groups is 1. The molecule has 1 saturated heterocycles. The standard InChI is InChI=1S/C21H28N2O/c1-17-8-9-20(16-18(17)2)23-14-12-22(13-15-23)11-10-21(24)19-6-4-3-5-7-19/h3-9,16,21,24H,10-15H2,1-2H3. The van der Waals surface area contributed by atoms with Gasteiger partial charge in [0.05, 0.1) is 6.10 Å². The van der Waals surface area contributed by atoms with E-state index >= 15 is 0 Å². The van der Waals surface area contributed by atoms with E-state index in [0.717, 1.165) is 44.7 Å². The van der Waals surface area contributed by atoms with E-state index in [1.165, 1.54) is 16.8 Å². The predicted molar refractivity (Wildman–Crippen MR) is 101 cm³/mol. The van der Waals surface area contributed by atoms with E-state index in [2.05, 4.69) is 41.8 Å². The molecule has 1 aliphatic heterocycles. The molecule has 0 aliphatic carbocycles. The van der Waals surface area contributed by atoms with Crippen LogP contribution in [0.25, 0.3) is 0 Å². The minimum atomic E-state index is -0.357. The largest absolute Gasteiger partial charge is 0.388 e. The van der Waals surface area contributed by atoms with Crippen LogP contribution in [0.3, 0.4) is 0 Å². The van der Waals surface area contributed by atoms with Crippen molar-refractivity contribution in [3.8, 4) is 0 Å². The zero-order valence-electron chi connectivity index (χ0n) is 14.8. The van der Waals surface area contributed by atoms with Gasteiger partial charge in [-0.1, -0.05) is 36.4 Å². The molecule has 128 valence electrons. The number of hydrogen-bond donors (Lipinski definition) is 1. The zero-order valence-corrected chi connectivity index (χ0v) is 14.8. The number of piperazine rings is 1. The summed E-state index contributed by atoms with van der Waals surface area (Å²) < 4.78 is 0. The number of anilines is 1. The molecule has 1 fully saturated rings. The SMILES string of the molecule is Cc1ccc(N2CCN(CCC(O)c3ccccc3)CC2)cc1C. The van der Waals surface area contributed by atoms with Gasteiger partial charge >= 0.3 is 0 Å². The van der Waals surface area contributed by atoms with Crippen LogP contribution < -0.4 is 4.90 Å². The first-order valence-electron chi connectivity index (χ1n) is 8.91. The molecule has 3 nitrogen and oxygen atoms in total. The Labute approximate surface area is 145 Å². The van der Waals surface area contributed by atoms with Crippen LogP contribution in [0.2, 0.25) is 0 Å². The minimum Gasteiger partial charge on any atom is -0.388 e. The number of hydrogen-bond acceptors (Lipinski definition) is 3. The molecule has 0 saturated carbocycles. The second kappa shape index (κ2) is 7.82. The summed E-state index contributed by atoms with van der Waals surface area (Å²) in [4.78, 5) is 4.93. The van der Waals surface area contributed by atoms with Gasteiger partial charge in [-0.05, 0) is 49.1 Å². The van der Waals surface area contributed by atoms with Crippen molar-refractivity contribution < 1.29 is 5.11 Å². The van der Waals surface area contributed by atoms with Crippen molar-refractivity contribution in [2.24, 2.45) is 0 Å². The molecule has 0 bridgehead atoms. The number of nitrogens with zero attached hydrogens (tertiary/aromatic N) is 2. The van der Waals surface area contributed by atoms with Crippen molar-refractivity contribution in [2.45, 2.75) is 26.4 Å². The van der Waals surface area contributed by atoms with Gasteiger partial charge in [-0.15, -0.1) is 0 Å². The molecule has 3 heteroatoms. The van der Waals surface area contributed by atoms with E-state index in [9.17, 15) is 5.11 Å². The van der Waals surface area contributed by atoms with Crippen molar-refractivity contribution in [3.63, 3.8) is 0 Å². The molecule has 1 unspecified atom stereocenters. The predicted octanol–water partition coefficient (Wildman–Crippen LogP) is 3.55. The van der Waals surface area contributed by atoms with Crippen LogP contribution in [0.5, 0.6) is 0 Å². The molecule has 0 radical (unpaired) electrons. The smallest absolute Gasteiger partial charge is 0.0802 e. The Bertz CT molecular complexity index is 648. The summed E-state index contributed by atoms with van der Waals surface area (Å²) in [5.74, 6) is 0. The first-order valence-corrected chi connectivity index (χ1v) is 8.91. The second-order valence-electron chi connectivity index (χ2n) is 6.81. The topological polar surface area (TPSA) is 26.7 Å². The van der Waals surface area contributed by atoms with E-state index in [-0.39, 0.29) is 6.10 Å². The molecule has 0 aromatic heterocycles. The second-order valence-corrected chi connectivity index (χ2v) is 6.81. The van der Waals surface area contributed by atoms with E-state index in [1.54, 1.807) is 0 Å². The molecule has 1 N–H and O–H groups in total. The van der Waals surface area contributed by atoms with Crippen LogP contribution in [0.4, 0.5) is 5.69 Å². The highest BCUT2D eigenvalue weighted by Crippen LogP contribution is 2.21. The third-order valence-corrected chi connectivity index (χ3v) is 5.13. The van der Waals surface area contributed by atoms with Gasteiger partial charge in [0, 0.05) is 38.4 Å². The zero-order chi connectivity index (χ0) is 16.9. The molecular weight excluding hydrogens is 296 g/mol. The van der Waals surface area contributed by atoms with Gasteiger partial charge < -0.3 is 10.0 Å². The Morgan fingerprint density at radius 3 is 2.29 bits per heavy atom. The summed E-state index contributed by atoms with van der Waals surface area (Å²) in [7, 11) is 0. The molecule has 24 heavy (non-hydrogen) atoms. The lowest BCUT2D eigenvalue weighted by Crippen LogP contribution is -2.46. The first-order chi connectivity index (χ1) is 11.6. The Kier molecular flexibility index (Phi) is 5.54. The van der Waals surface area contributed by atoms with Crippen LogP contribution in [0.1, 0.15) is 29.2 Å². The fraction of sp³-hybridized carbons (Fsp3) is 0.429. The lowest BCUT2D eigenvalue weighted by atomic mass is 10.1. The van der Waals surface area contributed by atoms with Gasteiger partial charge in [-0.2, -0.15) is 0 Å². The molecule has 0 amide bonds. The maximum Gasteiger partial charge on any atom is 0.0802 e. The first kappa shape index (κ1) is 17.0. The third kappa shape index (κ3) is 4.16. The maximum absolute atomic E-state index is 10.3. The Morgan fingerprint density at radius 1 is 0.917 bits per heavy atom. The van der Waals surface area contributed by atoms with Crippen molar-refractivity contribution in [3.05, 3.63) is 65.2 Å². The highest BCUT2D eigenvalue weighted by molar-refractivity contribution is 5.51.